The van der Waals surface area contributed by atoms with Crippen molar-refractivity contribution in [3.8, 4) is 0 Å². The minimum absolute atomic E-state index is 0.254. The van der Waals surface area contributed by atoms with Crippen LogP contribution in [0.15, 0.2) is 0 Å². The Hall–Kier alpha value is -1.10. The first-order chi connectivity index (χ1) is 9.06. The molecule has 1 saturated carbocycles. The van der Waals surface area contributed by atoms with Crippen LogP contribution in [0.2, 0.25) is 0 Å². The summed E-state index contributed by atoms with van der Waals surface area (Å²) >= 11 is 0. The third kappa shape index (κ3) is 3.93. The van der Waals surface area contributed by atoms with Crippen molar-refractivity contribution in [1.29, 1.82) is 0 Å². The fraction of sp³-hybridized carbons (Fsp3) is 0.857. The third-order valence-corrected chi connectivity index (χ3v) is 4.21. The van der Waals surface area contributed by atoms with Crippen LogP contribution in [0.3, 0.4) is 0 Å². The predicted molar refractivity (Wildman–Crippen MR) is 67.3 cm³/mol. The van der Waals surface area contributed by atoms with Crippen LogP contribution in [0.25, 0.3) is 0 Å². The summed E-state index contributed by atoms with van der Waals surface area (Å²) in [6.07, 6.45) is 1.98. The number of esters is 2. The summed E-state index contributed by atoms with van der Waals surface area (Å²) in [7, 11) is 0. The van der Waals surface area contributed by atoms with Crippen molar-refractivity contribution in [3.63, 3.8) is 0 Å². The maximum absolute atomic E-state index is 11.0. The maximum Gasteiger partial charge on any atom is 0.302 e. The molecule has 1 saturated heterocycles. The number of ether oxygens (including phenoxy) is 3. The molecule has 2 rings (SSSR count). The molecule has 1 heterocycles. The topological polar surface area (TPSA) is 61.8 Å². The highest BCUT2D eigenvalue weighted by atomic mass is 16.5. The molecule has 1 aliphatic carbocycles. The van der Waals surface area contributed by atoms with E-state index in [4.69, 9.17) is 14.2 Å². The number of rotatable bonds is 4. The normalized spacial score (nSPS) is 33.6. The van der Waals surface area contributed by atoms with Gasteiger partial charge in [0.05, 0.1) is 13.2 Å². The Kier molecular flexibility index (Phi) is 4.80. The Morgan fingerprint density at radius 3 is 1.74 bits per heavy atom. The quantitative estimate of drug-likeness (QED) is 0.723. The maximum atomic E-state index is 11.0. The van der Waals surface area contributed by atoms with E-state index in [9.17, 15) is 9.59 Å². The highest BCUT2D eigenvalue weighted by Gasteiger charge is 2.40. The zero-order chi connectivity index (χ0) is 13.8. The van der Waals surface area contributed by atoms with Gasteiger partial charge in [0, 0.05) is 27.1 Å². The van der Waals surface area contributed by atoms with Gasteiger partial charge in [-0.1, -0.05) is 0 Å². The molecule has 0 spiro atoms. The van der Waals surface area contributed by atoms with Gasteiger partial charge in [-0.25, -0.2) is 0 Å². The highest BCUT2D eigenvalue weighted by molar-refractivity contribution is 5.66. The zero-order valence-electron chi connectivity index (χ0n) is 11.6. The molecule has 2 fully saturated rings. The molecule has 0 aromatic rings. The van der Waals surface area contributed by atoms with Crippen LogP contribution in [0.5, 0.6) is 0 Å². The van der Waals surface area contributed by atoms with Crippen molar-refractivity contribution in [3.05, 3.63) is 0 Å². The SMILES string of the molecule is CC(=O)OC[C@H]1C[C@H]2COC[C@H]2C[C@@H]1COC(C)=O. The molecule has 0 aromatic heterocycles. The molecule has 4 atom stereocenters. The Labute approximate surface area is 113 Å². The van der Waals surface area contributed by atoms with E-state index in [-0.39, 0.29) is 23.8 Å². The highest BCUT2D eigenvalue weighted by Crippen LogP contribution is 2.41. The fourth-order valence-corrected chi connectivity index (χ4v) is 3.18. The first-order valence-electron chi connectivity index (χ1n) is 6.90. The van der Waals surface area contributed by atoms with Gasteiger partial charge in [-0.2, -0.15) is 0 Å². The van der Waals surface area contributed by atoms with E-state index in [0.717, 1.165) is 26.1 Å². The monoisotopic (exact) mass is 270 g/mol. The molecule has 1 aliphatic heterocycles. The Morgan fingerprint density at radius 2 is 1.37 bits per heavy atom. The molecule has 0 aromatic carbocycles. The van der Waals surface area contributed by atoms with Crippen molar-refractivity contribution < 1.29 is 23.8 Å². The summed E-state index contributed by atoms with van der Waals surface area (Å²) in [5, 5.41) is 0. The van der Waals surface area contributed by atoms with Gasteiger partial charge in [-0.15, -0.1) is 0 Å². The lowest BCUT2D eigenvalue weighted by atomic mass is 9.70. The first-order valence-corrected chi connectivity index (χ1v) is 6.90. The van der Waals surface area contributed by atoms with E-state index in [1.807, 2.05) is 0 Å². The molecule has 0 radical (unpaired) electrons. The lowest BCUT2D eigenvalue weighted by molar-refractivity contribution is -0.148. The molecule has 108 valence electrons. The fourth-order valence-electron chi connectivity index (χ4n) is 3.18. The van der Waals surface area contributed by atoms with Gasteiger partial charge in [0.15, 0.2) is 0 Å². The Bertz CT molecular complexity index is 309. The van der Waals surface area contributed by atoms with Gasteiger partial charge in [0.1, 0.15) is 0 Å². The molecular weight excluding hydrogens is 248 g/mol. The van der Waals surface area contributed by atoms with E-state index in [1.54, 1.807) is 0 Å². The minimum Gasteiger partial charge on any atom is -0.466 e. The molecule has 0 bridgehead atoms. The van der Waals surface area contributed by atoms with Gasteiger partial charge < -0.3 is 14.2 Å². The summed E-state index contributed by atoms with van der Waals surface area (Å²) in [6.45, 7) is 5.30. The molecular formula is C14H22O5. The average Bonchev–Trinajstić information content (AvgIpc) is 2.79. The summed E-state index contributed by atoms with van der Waals surface area (Å²) in [5.41, 5.74) is 0. The van der Waals surface area contributed by atoms with E-state index < -0.39 is 0 Å². The van der Waals surface area contributed by atoms with Crippen molar-refractivity contribution in [2.75, 3.05) is 26.4 Å². The zero-order valence-corrected chi connectivity index (χ0v) is 11.6. The van der Waals surface area contributed by atoms with Crippen molar-refractivity contribution in [1.82, 2.24) is 0 Å². The van der Waals surface area contributed by atoms with Crippen molar-refractivity contribution >= 4 is 11.9 Å². The number of hydrogen-bond acceptors (Lipinski definition) is 5. The van der Waals surface area contributed by atoms with E-state index >= 15 is 0 Å². The second-order valence-corrected chi connectivity index (χ2v) is 5.65. The molecule has 2 aliphatic rings. The van der Waals surface area contributed by atoms with Gasteiger partial charge in [-0.05, 0) is 36.5 Å². The smallest absolute Gasteiger partial charge is 0.302 e. The number of carbonyl (C=O) groups is 2. The first kappa shape index (κ1) is 14.3. The summed E-state index contributed by atoms with van der Waals surface area (Å²) in [4.78, 5) is 21.9. The Morgan fingerprint density at radius 1 is 0.947 bits per heavy atom. The largest absolute Gasteiger partial charge is 0.466 e. The molecule has 5 nitrogen and oxygen atoms in total. The van der Waals surface area contributed by atoms with E-state index in [0.29, 0.717) is 25.0 Å². The summed E-state index contributed by atoms with van der Waals surface area (Å²) in [6, 6.07) is 0. The van der Waals surface area contributed by atoms with Gasteiger partial charge in [-0.3, -0.25) is 9.59 Å². The van der Waals surface area contributed by atoms with Crippen LogP contribution in [-0.2, 0) is 23.8 Å². The minimum atomic E-state index is -0.254. The van der Waals surface area contributed by atoms with Gasteiger partial charge >= 0.3 is 11.9 Å². The summed E-state index contributed by atoms with van der Waals surface area (Å²) in [5.74, 6) is 1.16. The number of carbonyl (C=O) groups excluding carboxylic acids is 2. The van der Waals surface area contributed by atoms with E-state index in [1.165, 1.54) is 13.8 Å². The van der Waals surface area contributed by atoms with Crippen molar-refractivity contribution in [2.24, 2.45) is 23.7 Å². The van der Waals surface area contributed by atoms with Crippen LogP contribution in [0.4, 0.5) is 0 Å². The van der Waals surface area contributed by atoms with Crippen LogP contribution in [0.1, 0.15) is 26.7 Å². The van der Waals surface area contributed by atoms with E-state index in [2.05, 4.69) is 0 Å². The van der Waals surface area contributed by atoms with Gasteiger partial charge in [0.2, 0.25) is 0 Å². The number of hydrogen-bond donors (Lipinski definition) is 0. The van der Waals surface area contributed by atoms with Crippen LogP contribution in [0, 0.1) is 23.7 Å². The standard InChI is InChI=1S/C14H22O5/c1-9(15)18-7-13-3-11-5-17-6-12(11)4-14(13)8-19-10(2)16/h11-14H,3-8H2,1-2H3/t11-,12+,13-,14-/m1/s1. The van der Waals surface area contributed by atoms with Gasteiger partial charge in [0.25, 0.3) is 0 Å². The Balaban J connectivity index is 1.93. The molecule has 0 unspecified atom stereocenters. The predicted octanol–water partition coefficient (Wildman–Crippen LogP) is 1.40. The average molecular weight is 270 g/mol. The van der Waals surface area contributed by atoms with Crippen LogP contribution >= 0.6 is 0 Å². The lowest BCUT2D eigenvalue weighted by Crippen LogP contribution is -2.36. The third-order valence-electron chi connectivity index (χ3n) is 4.21. The van der Waals surface area contributed by atoms with Crippen LogP contribution < -0.4 is 0 Å². The van der Waals surface area contributed by atoms with Crippen molar-refractivity contribution in [2.45, 2.75) is 26.7 Å². The van der Waals surface area contributed by atoms with Crippen LogP contribution in [-0.4, -0.2) is 38.4 Å². The molecule has 5 heteroatoms. The molecule has 0 amide bonds. The second-order valence-electron chi connectivity index (χ2n) is 5.65. The molecule has 19 heavy (non-hydrogen) atoms. The summed E-state index contributed by atoms with van der Waals surface area (Å²) < 4.78 is 15.8. The molecule has 0 N–H and O–H groups in total. The number of fused-ring (bicyclic) bond motifs is 1. The lowest BCUT2D eigenvalue weighted by Gasteiger charge is -2.36. The second kappa shape index (κ2) is 6.37.